The third-order valence-corrected chi connectivity index (χ3v) is 5.63. The summed E-state index contributed by atoms with van der Waals surface area (Å²) in [5, 5.41) is 13.9. The number of rotatable bonds is 4. The fraction of sp³-hybridized carbons (Fsp3) is 0. The van der Waals surface area contributed by atoms with E-state index in [0.29, 0.717) is 0 Å². The van der Waals surface area contributed by atoms with Crippen molar-refractivity contribution < 1.29 is 0 Å². The van der Waals surface area contributed by atoms with E-state index in [4.69, 9.17) is 5.41 Å². The highest BCUT2D eigenvalue weighted by molar-refractivity contribution is 9.10. The van der Waals surface area contributed by atoms with Crippen LogP contribution in [-0.2, 0) is 0 Å². The van der Waals surface area contributed by atoms with Gasteiger partial charge in [0.15, 0.2) is 0 Å². The van der Waals surface area contributed by atoms with Gasteiger partial charge in [-0.15, -0.1) is 0 Å². The second-order valence-corrected chi connectivity index (χ2v) is 7.81. The van der Waals surface area contributed by atoms with Crippen LogP contribution >= 0.6 is 15.9 Å². The predicted octanol–water partition coefficient (Wildman–Crippen LogP) is 7.29. The van der Waals surface area contributed by atoms with E-state index >= 15 is 0 Å². The molecule has 0 unspecified atom stereocenters. The summed E-state index contributed by atoms with van der Waals surface area (Å²) in [6.45, 7) is 0. The first kappa shape index (κ1) is 17.7. The molecule has 4 heteroatoms. The molecule has 1 heterocycles. The molecule has 0 saturated carbocycles. The van der Waals surface area contributed by atoms with Gasteiger partial charge in [-0.1, -0.05) is 64.5 Å². The molecule has 2 N–H and O–H groups in total. The number of benzene rings is 4. The van der Waals surface area contributed by atoms with Crippen molar-refractivity contribution in [2.45, 2.75) is 0 Å². The molecule has 0 fully saturated rings. The van der Waals surface area contributed by atoms with E-state index in [1.807, 2.05) is 42.5 Å². The van der Waals surface area contributed by atoms with E-state index in [-0.39, 0.29) is 0 Å². The lowest BCUT2D eigenvalue weighted by atomic mass is 10.1. The maximum absolute atomic E-state index is 7.99. The topological polar surface area (TPSA) is 40.8 Å². The SMILES string of the molecule is N=Cc1ccc2c3cc(Br)ccc3n(-c3ccccc3)c2c1Nc1ccccc1. The molecule has 0 atom stereocenters. The van der Waals surface area contributed by atoms with Crippen molar-refractivity contribution in [3.05, 3.63) is 101 Å². The van der Waals surface area contributed by atoms with Crippen LogP contribution in [0.25, 0.3) is 27.5 Å². The van der Waals surface area contributed by atoms with Gasteiger partial charge in [0.25, 0.3) is 0 Å². The third kappa shape index (κ3) is 3.02. The second kappa shape index (κ2) is 7.22. The predicted molar refractivity (Wildman–Crippen MR) is 126 cm³/mol. The molecule has 1 aromatic heterocycles. The lowest BCUT2D eigenvalue weighted by molar-refractivity contribution is 1.18. The zero-order chi connectivity index (χ0) is 19.8. The van der Waals surface area contributed by atoms with Crippen LogP contribution in [0.1, 0.15) is 5.56 Å². The minimum Gasteiger partial charge on any atom is -0.353 e. The average molecular weight is 440 g/mol. The van der Waals surface area contributed by atoms with Crippen LogP contribution in [0.5, 0.6) is 0 Å². The van der Waals surface area contributed by atoms with Gasteiger partial charge in [-0.2, -0.15) is 0 Å². The zero-order valence-electron chi connectivity index (χ0n) is 15.6. The van der Waals surface area contributed by atoms with Gasteiger partial charge in [-0.25, -0.2) is 0 Å². The maximum Gasteiger partial charge on any atom is 0.0783 e. The first-order chi connectivity index (χ1) is 14.3. The van der Waals surface area contributed by atoms with Gasteiger partial charge in [0.2, 0.25) is 0 Å². The summed E-state index contributed by atoms with van der Waals surface area (Å²) >= 11 is 3.62. The van der Waals surface area contributed by atoms with Crippen LogP contribution in [0.15, 0.2) is 95.5 Å². The Morgan fingerprint density at radius 3 is 2.24 bits per heavy atom. The fourth-order valence-electron chi connectivity index (χ4n) is 3.86. The number of nitrogens with zero attached hydrogens (tertiary/aromatic N) is 1. The van der Waals surface area contributed by atoms with Gasteiger partial charge < -0.3 is 15.3 Å². The second-order valence-electron chi connectivity index (χ2n) is 6.89. The number of aromatic nitrogens is 1. The van der Waals surface area contributed by atoms with Crippen LogP contribution < -0.4 is 5.32 Å². The largest absolute Gasteiger partial charge is 0.353 e. The fourth-order valence-corrected chi connectivity index (χ4v) is 4.22. The molecule has 0 radical (unpaired) electrons. The van der Waals surface area contributed by atoms with Crippen LogP contribution in [0, 0.1) is 5.41 Å². The minimum absolute atomic E-state index is 0.848. The van der Waals surface area contributed by atoms with E-state index in [0.717, 1.165) is 43.5 Å². The van der Waals surface area contributed by atoms with Crippen molar-refractivity contribution >= 4 is 55.3 Å². The Kier molecular flexibility index (Phi) is 4.41. The molecule has 0 bridgehead atoms. The molecule has 0 aliphatic heterocycles. The first-order valence-corrected chi connectivity index (χ1v) is 10.2. The quantitative estimate of drug-likeness (QED) is 0.283. The van der Waals surface area contributed by atoms with Gasteiger partial charge >= 0.3 is 0 Å². The molecule has 3 nitrogen and oxygen atoms in total. The maximum atomic E-state index is 7.99. The van der Waals surface area contributed by atoms with Crippen molar-refractivity contribution in [3.8, 4) is 5.69 Å². The van der Waals surface area contributed by atoms with E-state index in [9.17, 15) is 0 Å². The summed E-state index contributed by atoms with van der Waals surface area (Å²) in [6, 6.07) is 31.0. The standard InChI is InChI=1S/C25H18BrN3/c26-18-12-14-23-22(15-18)21-13-11-17(16-27)24(28-19-7-3-1-4-8-19)25(21)29(23)20-9-5-2-6-10-20/h1-16,27-28H. The van der Waals surface area contributed by atoms with Crippen LogP contribution in [0.3, 0.4) is 0 Å². The Hall–Kier alpha value is -3.37. The molecule has 0 aliphatic carbocycles. The van der Waals surface area contributed by atoms with E-state index in [1.54, 1.807) is 0 Å². The number of para-hydroxylation sites is 2. The highest BCUT2D eigenvalue weighted by Gasteiger charge is 2.18. The smallest absolute Gasteiger partial charge is 0.0783 e. The molecule has 4 aromatic carbocycles. The van der Waals surface area contributed by atoms with Crippen molar-refractivity contribution in [1.29, 1.82) is 5.41 Å². The molecule has 140 valence electrons. The molecule has 0 saturated heterocycles. The van der Waals surface area contributed by atoms with Gasteiger partial charge in [-0.05, 0) is 42.5 Å². The summed E-state index contributed by atoms with van der Waals surface area (Å²) in [4.78, 5) is 0. The van der Waals surface area contributed by atoms with Crippen LogP contribution in [0.2, 0.25) is 0 Å². The summed E-state index contributed by atoms with van der Waals surface area (Å²) in [7, 11) is 0. The summed E-state index contributed by atoms with van der Waals surface area (Å²) in [5.74, 6) is 0. The van der Waals surface area contributed by atoms with Crippen molar-refractivity contribution in [3.63, 3.8) is 0 Å². The first-order valence-electron chi connectivity index (χ1n) is 9.41. The number of nitrogens with one attached hydrogen (secondary N) is 2. The Morgan fingerprint density at radius 2 is 1.52 bits per heavy atom. The lowest BCUT2D eigenvalue weighted by Gasteiger charge is -2.15. The van der Waals surface area contributed by atoms with Crippen molar-refractivity contribution in [2.24, 2.45) is 0 Å². The molecule has 0 spiro atoms. The Morgan fingerprint density at radius 1 is 0.793 bits per heavy atom. The van der Waals surface area contributed by atoms with E-state index in [2.05, 4.69) is 74.3 Å². The van der Waals surface area contributed by atoms with Gasteiger partial charge in [0.1, 0.15) is 0 Å². The van der Waals surface area contributed by atoms with Crippen molar-refractivity contribution in [2.75, 3.05) is 5.32 Å². The minimum atomic E-state index is 0.848. The van der Waals surface area contributed by atoms with Gasteiger partial charge in [0, 0.05) is 38.4 Å². The third-order valence-electron chi connectivity index (χ3n) is 5.14. The Bertz CT molecular complexity index is 1340. The number of fused-ring (bicyclic) bond motifs is 3. The van der Waals surface area contributed by atoms with E-state index < -0.39 is 0 Å². The summed E-state index contributed by atoms with van der Waals surface area (Å²) in [6.07, 6.45) is 1.41. The highest BCUT2D eigenvalue weighted by atomic mass is 79.9. The number of hydrogen-bond acceptors (Lipinski definition) is 2. The normalized spacial score (nSPS) is 11.1. The Labute approximate surface area is 177 Å². The molecule has 0 aliphatic rings. The molecular formula is C25H18BrN3. The Balaban J connectivity index is 1.92. The lowest BCUT2D eigenvalue weighted by Crippen LogP contribution is -2.01. The molecule has 5 aromatic rings. The summed E-state index contributed by atoms with van der Waals surface area (Å²) < 4.78 is 3.32. The summed E-state index contributed by atoms with van der Waals surface area (Å²) in [5.41, 5.74) is 6.06. The molecular weight excluding hydrogens is 422 g/mol. The average Bonchev–Trinajstić information content (AvgIpc) is 3.09. The molecule has 0 amide bonds. The van der Waals surface area contributed by atoms with E-state index in [1.165, 1.54) is 11.6 Å². The molecule has 5 rings (SSSR count). The van der Waals surface area contributed by atoms with Crippen molar-refractivity contribution in [1.82, 2.24) is 4.57 Å². The number of halogens is 1. The zero-order valence-corrected chi connectivity index (χ0v) is 17.1. The van der Waals surface area contributed by atoms with Crippen LogP contribution in [0.4, 0.5) is 11.4 Å². The number of hydrogen-bond donors (Lipinski definition) is 2. The van der Waals surface area contributed by atoms with Crippen LogP contribution in [-0.4, -0.2) is 10.8 Å². The highest BCUT2D eigenvalue weighted by Crippen LogP contribution is 2.39. The van der Waals surface area contributed by atoms with Gasteiger partial charge in [0.05, 0.1) is 16.7 Å². The van der Waals surface area contributed by atoms with Gasteiger partial charge in [-0.3, -0.25) is 0 Å². The monoisotopic (exact) mass is 439 g/mol. The number of anilines is 2. The molecule has 29 heavy (non-hydrogen) atoms.